The van der Waals surface area contributed by atoms with Crippen LogP contribution >= 0.6 is 0 Å². The van der Waals surface area contributed by atoms with Gasteiger partial charge < -0.3 is 10.2 Å². The fourth-order valence-corrected chi connectivity index (χ4v) is 3.88. The van der Waals surface area contributed by atoms with E-state index in [4.69, 9.17) is 0 Å². The van der Waals surface area contributed by atoms with Crippen molar-refractivity contribution >= 4 is 38.2 Å². The summed E-state index contributed by atoms with van der Waals surface area (Å²) >= 11 is 0. The molecule has 156 valence electrons. The van der Waals surface area contributed by atoms with Gasteiger partial charge in [0.1, 0.15) is 12.1 Å². The van der Waals surface area contributed by atoms with Gasteiger partial charge in [-0.1, -0.05) is 0 Å². The zero-order chi connectivity index (χ0) is 21.5. The molecule has 0 spiro atoms. The van der Waals surface area contributed by atoms with Gasteiger partial charge in [0.15, 0.2) is 5.65 Å². The fourth-order valence-electron chi connectivity index (χ4n) is 3.13. The summed E-state index contributed by atoms with van der Waals surface area (Å²) in [6.07, 6.45) is 4.98. The molecule has 30 heavy (non-hydrogen) atoms. The Morgan fingerprint density at radius 1 is 1.20 bits per heavy atom. The zero-order valence-corrected chi connectivity index (χ0v) is 17.7. The number of anilines is 3. The molecule has 11 nitrogen and oxygen atoms in total. The molecule has 0 fully saturated rings. The normalized spacial score (nSPS) is 11.7. The minimum atomic E-state index is -3.61. The van der Waals surface area contributed by atoms with Gasteiger partial charge in [0.25, 0.3) is 0 Å². The van der Waals surface area contributed by atoms with E-state index in [1.165, 1.54) is 13.4 Å². The van der Waals surface area contributed by atoms with Crippen molar-refractivity contribution in [3.63, 3.8) is 0 Å². The van der Waals surface area contributed by atoms with Crippen LogP contribution < -0.4 is 14.9 Å². The summed E-state index contributed by atoms with van der Waals surface area (Å²) in [6, 6.07) is 4.86. The second-order valence-electron chi connectivity index (χ2n) is 6.83. The molecule has 3 aromatic heterocycles. The number of nitrogens with one attached hydrogen (secondary N) is 3. The van der Waals surface area contributed by atoms with Gasteiger partial charge in [-0.15, -0.1) is 0 Å². The first-order chi connectivity index (χ1) is 14.3. The second kappa shape index (κ2) is 7.39. The molecule has 0 aliphatic rings. The highest BCUT2D eigenvalue weighted by Crippen LogP contribution is 2.34. The number of aromatic nitrogens is 6. The molecule has 0 saturated carbocycles. The molecule has 0 atom stereocenters. The molecule has 3 heterocycles. The lowest BCUT2D eigenvalue weighted by Crippen LogP contribution is -2.19. The van der Waals surface area contributed by atoms with Gasteiger partial charge >= 0.3 is 0 Å². The molecule has 0 aliphatic heterocycles. The number of aromatic amines is 1. The third-order valence-electron chi connectivity index (χ3n) is 4.63. The molecule has 4 rings (SSSR count). The molecule has 0 radical (unpaired) electrons. The summed E-state index contributed by atoms with van der Waals surface area (Å²) in [5.74, 6) is 0.495. The summed E-state index contributed by atoms with van der Waals surface area (Å²) in [5, 5.41) is 15.4. The van der Waals surface area contributed by atoms with Crippen molar-refractivity contribution in [3.8, 4) is 11.3 Å². The van der Waals surface area contributed by atoms with E-state index in [0.29, 0.717) is 28.2 Å². The van der Waals surface area contributed by atoms with Crippen LogP contribution in [0, 0.1) is 0 Å². The Morgan fingerprint density at radius 2 is 2.00 bits per heavy atom. The summed E-state index contributed by atoms with van der Waals surface area (Å²) in [6.45, 7) is 0. The average molecular weight is 427 g/mol. The van der Waals surface area contributed by atoms with Crippen molar-refractivity contribution in [2.45, 2.75) is 4.90 Å². The monoisotopic (exact) mass is 427 g/mol. The van der Waals surface area contributed by atoms with Crippen molar-refractivity contribution in [1.82, 2.24) is 34.7 Å². The predicted molar refractivity (Wildman–Crippen MR) is 114 cm³/mol. The van der Waals surface area contributed by atoms with Crippen LogP contribution in [-0.4, -0.2) is 59.5 Å². The van der Waals surface area contributed by atoms with E-state index in [2.05, 4.69) is 35.3 Å². The molecule has 0 unspecified atom stereocenters. The maximum atomic E-state index is 12.3. The Bertz CT molecular complexity index is 1320. The first-order valence-corrected chi connectivity index (χ1v) is 10.5. The van der Waals surface area contributed by atoms with E-state index >= 15 is 0 Å². The first kappa shape index (κ1) is 19.8. The zero-order valence-electron chi connectivity index (χ0n) is 16.9. The number of aryl methyl sites for hydroxylation is 1. The van der Waals surface area contributed by atoms with Crippen molar-refractivity contribution in [2.24, 2.45) is 7.05 Å². The van der Waals surface area contributed by atoms with Gasteiger partial charge in [-0.3, -0.25) is 9.78 Å². The molecule has 0 bridgehead atoms. The molecular formula is C18H21N9O2S. The second-order valence-corrected chi connectivity index (χ2v) is 8.71. The fraction of sp³-hybridized carbons (Fsp3) is 0.222. The predicted octanol–water partition coefficient (Wildman–Crippen LogP) is 1.47. The minimum absolute atomic E-state index is 0.142. The lowest BCUT2D eigenvalue weighted by molar-refractivity contribution is 0.588. The van der Waals surface area contributed by atoms with Crippen molar-refractivity contribution < 1.29 is 8.42 Å². The maximum Gasteiger partial charge on any atom is 0.240 e. The van der Waals surface area contributed by atoms with Crippen LogP contribution in [0.3, 0.4) is 0 Å². The van der Waals surface area contributed by atoms with Crippen LogP contribution in [0.4, 0.5) is 17.2 Å². The standard InChI is InChI=1S/C18H21N9O2S/c1-19-30(28,29)12-5-6-14(26(2)3)13(7-12)23-17-15-16(11-8-22-27(4)9-11)24-25-18(15)21-10-20-17/h5-10,19H,1-4H3,(H2,20,21,23,24,25). The molecule has 12 heteroatoms. The van der Waals surface area contributed by atoms with Gasteiger partial charge in [0.2, 0.25) is 10.0 Å². The van der Waals surface area contributed by atoms with Gasteiger partial charge in [-0.25, -0.2) is 23.1 Å². The first-order valence-electron chi connectivity index (χ1n) is 9.00. The number of benzene rings is 1. The number of hydrogen-bond donors (Lipinski definition) is 3. The van der Waals surface area contributed by atoms with Gasteiger partial charge in [0.05, 0.1) is 33.5 Å². The van der Waals surface area contributed by atoms with Crippen LogP contribution in [0.25, 0.3) is 22.3 Å². The SMILES string of the molecule is CNS(=O)(=O)c1ccc(N(C)C)c(Nc2ncnc3n[nH]c(-c4cnn(C)c4)c23)c1. The highest BCUT2D eigenvalue weighted by atomic mass is 32.2. The molecule has 0 saturated heterocycles. The number of hydrogen-bond acceptors (Lipinski definition) is 8. The third kappa shape index (κ3) is 3.46. The van der Waals surface area contributed by atoms with Gasteiger partial charge in [-0.2, -0.15) is 10.2 Å². The lowest BCUT2D eigenvalue weighted by Gasteiger charge is -2.19. The number of nitrogens with zero attached hydrogens (tertiary/aromatic N) is 6. The summed E-state index contributed by atoms with van der Waals surface area (Å²) in [4.78, 5) is 10.6. The van der Waals surface area contributed by atoms with Gasteiger partial charge in [0, 0.05) is 32.9 Å². The lowest BCUT2D eigenvalue weighted by atomic mass is 10.2. The topological polar surface area (TPSA) is 134 Å². The highest BCUT2D eigenvalue weighted by Gasteiger charge is 2.19. The van der Waals surface area contributed by atoms with Crippen molar-refractivity contribution in [3.05, 3.63) is 36.9 Å². The van der Waals surface area contributed by atoms with E-state index in [1.54, 1.807) is 29.1 Å². The maximum absolute atomic E-state index is 12.3. The summed E-state index contributed by atoms with van der Waals surface area (Å²) in [5.41, 5.74) is 3.40. The Kier molecular flexibility index (Phi) is 4.87. The van der Waals surface area contributed by atoms with Crippen LogP contribution in [0.15, 0.2) is 41.8 Å². The van der Waals surface area contributed by atoms with E-state index in [-0.39, 0.29) is 4.90 Å². The number of fused-ring (bicyclic) bond motifs is 1. The quantitative estimate of drug-likeness (QED) is 0.421. The van der Waals surface area contributed by atoms with Crippen LogP contribution in [-0.2, 0) is 17.1 Å². The Morgan fingerprint density at radius 3 is 2.67 bits per heavy atom. The number of sulfonamides is 1. The summed E-state index contributed by atoms with van der Waals surface area (Å²) < 4.78 is 28.6. The molecular weight excluding hydrogens is 406 g/mol. The van der Waals surface area contributed by atoms with E-state index in [1.807, 2.05) is 32.2 Å². The van der Waals surface area contributed by atoms with Crippen LogP contribution in [0.1, 0.15) is 0 Å². The van der Waals surface area contributed by atoms with E-state index in [0.717, 1.165) is 11.3 Å². The Balaban J connectivity index is 1.87. The minimum Gasteiger partial charge on any atom is -0.376 e. The molecule has 0 amide bonds. The van der Waals surface area contributed by atoms with Gasteiger partial charge in [-0.05, 0) is 25.2 Å². The molecule has 1 aromatic carbocycles. The Hall–Kier alpha value is -3.51. The van der Waals surface area contributed by atoms with Crippen molar-refractivity contribution in [1.29, 1.82) is 0 Å². The molecule has 0 aliphatic carbocycles. The average Bonchev–Trinajstić information content (AvgIpc) is 3.34. The summed E-state index contributed by atoms with van der Waals surface area (Å²) in [7, 11) is 3.35. The Labute approximate surface area is 173 Å². The van der Waals surface area contributed by atoms with Crippen LogP contribution in [0.2, 0.25) is 0 Å². The molecule has 3 N–H and O–H groups in total. The van der Waals surface area contributed by atoms with E-state index in [9.17, 15) is 8.42 Å². The smallest absolute Gasteiger partial charge is 0.240 e. The van der Waals surface area contributed by atoms with Crippen LogP contribution in [0.5, 0.6) is 0 Å². The van der Waals surface area contributed by atoms with Crippen molar-refractivity contribution in [2.75, 3.05) is 31.4 Å². The third-order valence-corrected chi connectivity index (χ3v) is 6.04. The number of rotatable bonds is 6. The highest BCUT2D eigenvalue weighted by molar-refractivity contribution is 7.89. The van der Waals surface area contributed by atoms with E-state index < -0.39 is 10.0 Å². The molecule has 4 aromatic rings. The number of H-pyrrole nitrogens is 1. The largest absolute Gasteiger partial charge is 0.376 e.